The Hall–Kier alpha value is -2.82. The average Bonchev–Trinajstić information content (AvgIpc) is 3.25. The standard InChI is InChI=1S/C17H16N4O5S/c22-27(23,21-7-9-24-10-8-21)15-5-6-16(18-11-15)26-14-3-1-13(2-4-14)17-20-19-12-25-17/h1-6,11-12H,7-10H2. The minimum atomic E-state index is -3.57. The highest BCUT2D eigenvalue weighted by Crippen LogP contribution is 2.25. The molecule has 0 atom stereocenters. The van der Waals surface area contributed by atoms with Crippen LogP contribution in [0.5, 0.6) is 11.6 Å². The summed E-state index contributed by atoms with van der Waals surface area (Å²) in [5.41, 5.74) is 0.764. The van der Waals surface area contributed by atoms with Crippen LogP contribution in [-0.2, 0) is 14.8 Å². The number of sulfonamides is 1. The van der Waals surface area contributed by atoms with Gasteiger partial charge in [-0.05, 0) is 30.3 Å². The fourth-order valence-electron chi connectivity index (χ4n) is 2.60. The first-order valence-electron chi connectivity index (χ1n) is 8.21. The maximum Gasteiger partial charge on any atom is 0.247 e. The highest BCUT2D eigenvalue weighted by Gasteiger charge is 2.26. The summed E-state index contributed by atoms with van der Waals surface area (Å²) >= 11 is 0. The molecule has 1 aromatic carbocycles. The molecule has 2 aromatic heterocycles. The molecule has 0 amide bonds. The van der Waals surface area contributed by atoms with Crippen LogP contribution in [0.25, 0.3) is 11.5 Å². The highest BCUT2D eigenvalue weighted by atomic mass is 32.2. The Morgan fingerprint density at radius 1 is 1.04 bits per heavy atom. The van der Waals surface area contributed by atoms with Gasteiger partial charge in [-0.1, -0.05) is 0 Å². The van der Waals surface area contributed by atoms with Crippen LogP contribution in [0.4, 0.5) is 0 Å². The van der Waals surface area contributed by atoms with Gasteiger partial charge in [0.2, 0.25) is 28.2 Å². The molecule has 0 aliphatic carbocycles. The summed E-state index contributed by atoms with van der Waals surface area (Å²) in [5.74, 6) is 1.26. The van der Waals surface area contributed by atoms with Gasteiger partial charge in [-0.3, -0.25) is 0 Å². The predicted molar refractivity (Wildman–Crippen MR) is 93.6 cm³/mol. The van der Waals surface area contributed by atoms with Crippen molar-refractivity contribution in [1.82, 2.24) is 19.5 Å². The first-order valence-corrected chi connectivity index (χ1v) is 9.65. The molecule has 10 heteroatoms. The van der Waals surface area contributed by atoms with E-state index in [2.05, 4.69) is 15.2 Å². The molecule has 4 rings (SSSR count). The van der Waals surface area contributed by atoms with E-state index in [1.54, 1.807) is 24.3 Å². The van der Waals surface area contributed by atoms with Crippen LogP contribution in [0.1, 0.15) is 0 Å². The Labute approximate surface area is 155 Å². The molecule has 0 spiro atoms. The fourth-order valence-corrected chi connectivity index (χ4v) is 3.95. The molecule has 3 aromatic rings. The van der Waals surface area contributed by atoms with Crippen molar-refractivity contribution in [3.05, 3.63) is 49.0 Å². The number of hydrogen-bond donors (Lipinski definition) is 0. The maximum atomic E-state index is 12.6. The number of aromatic nitrogens is 3. The zero-order valence-electron chi connectivity index (χ0n) is 14.2. The number of benzene rings is 1. The van der Waals surface area contributed by atoms with E-state index in [1.807, 2.05) is 0 Å². The van der Waals surface area contributed by atoms with Gasteiger partial charge in [0.1, 0.15) is 10.6 Å². The normalized spacial score (nSPS) is 15.6. The molecule has 140 valence electrons. The maximum absolute atomic E-state index is 12.6. The number of hydrogen-bond acceptors (Lipinski definition) is 8. The summed E-state index contributed by atoms with van der Waals surface area (Å²) in [6, 6.07) is 10.0. The summed E-state index contributed by atoms with van der Waals surface area (Å²) in [4.78, 5) is 4.24. The van der Waals surface area contributed by atoms with Crippen molar-refractivity contribution in [2.75, 3.05) is 26.3 Å². The minimum absolute atomic E-state index is 0.128. The van der Waals surface area contributed by atoms with Gasteiger partial charge < -0.3 is 13.9 Å². The Morgan fingerprint density at radius 2 is 1.81 bits per heavy atom. The first-order chi connectivity index (χ1) is 13.1. The van der Waals surface area contributed by atoms with E-state index in [0.717, 1.165) is 5.56 Å². The van der Waals surface area contributed by atoms with E-state index < -0.39 is 10.0 Å². The van der Waals surface area contributed by atoms with Crippen LogP contribution in [0.2, 0.25) is 0 Å². The first kappa shape index (κ1) is 17.6. The van der Waals surface area contributed by atoms with Crippen molar-refractivity contribution in [3.63, 3.8) is 0 Å². The van der Waals surface area contributed by atoms with Gasteiger partial charge in [0, 0.05) is 24.7 Å². The average molecular weight is 388 g/mol. The number of ether oxygens (including phenoxy) is 2. The summed E-state index contributed by atoms with van der Waals surface area (Å²) in [7, 11) is -3.57. The third-order valence-corrected chi connectivity index (χ3v) is 5.88. The van der Waals surface area contributed by atoms with Gasteiger partial charge in [0.25, 0.3) is 0 Å². The predicted octanol–water partition coefficient (Wildman–Crippen LogP) is 1.94. The van der Waals surface area contributed by atoms with E-state index in [1.165, 1.54) is 29.0 Å². The van der Waals surface area contributed by atoms with E-state index >= 15 is 0 Å². The van der Waals surface area contributed by atoms with Crippen molar-refractivity contribution < 1.29 is 22.3 Å². The minimum Gasteiger partial charge on any atom is -0.439 e. The lowest BCUT2D eigenvalue weighted by molar-refractivity contribution is 0.0730. The van der Waals surface area contributed by atoms with Crippen LogP contribution in [0, 0.1) is 0 Å². The van der Waals surface area contributed by atoms with E-state index in [4.69, 9.17) is 13.9 Å². The molecule has 0 unspecified atom stereocenters. The number of morpholine rings is 1. The Kier molecular flexibility index (Phi) is 4.84. The SMILES string of the molecule is O=S(=O)(c1ccc(Oc2ccc(-c3nnco3)cc2)nc1)N1CCOCC1. The molecule has 0 radical (unpaired) electrons. The Bertz CT molecular complexity index is 983. The second kappa shape index (κ2) is 7.43. The van der Waals surface area contributed by atoms with Crippen LogP contribution in [-0.4, -0.2) is 54.2 Å². The van der Waals surface area contributed by atoms with Gasteiger partial charge in [-0.2, -0.15) is 4.31 Å². The van der Waals surface area contributed by atoms with Gasteiger partial charge in [-0.15, -0.1) is 10.2 Å². The number of nitrogens with zero attached hydrogens (tertiary/aromatic N) is 4. The van der Waals surface area contributed by atoms with Gasteiger partial charge in [0.05, 0.1) is 19.4 Å². The molecule has 0 saturated carbocycles. The molecule has 3 heterocycles. The molecule has 0 N–H and O–H groups in total. The van der Waals surface area contributed by atoms with Gasteiger partial charge in [0.15, 0.2) is 0 Å². The topological polar surface area (TPSA) is 108 Å². The zero-order valence-corrected chi connectivity index (χ0v) is 15.0. The molecule has 27 heavy (non-hydrogen) atoms. The second-order valence-corrected chi connectivity index (χ2v) is 7.66. The molecule has 1 saturated heterocycles. The Morgan fingerprint density at radius 3 is 2.44 bits per heavy atom. The van der Waals surface area contributed by atoms with Crippen LogP contribution < -0.4 is 4.74 Å². The molecule has 9 nitrogen and oxygen atoms in total. The van der Waals surface area contributed by atoms with E-state index in [-0.39, 0.29) is 4.90 Å². The fraction of sp³-hybridized carbons (Fsp3) is 0.235. The van der Waals surface area contributed by atoms with Gasteiger partial charge >= 0.3 is 0 Å². The monoisotopic (exact) mass is 388 g/mol. The quantitative estimate of drug-likeness (QED) is 0.653. The van der Waals surface area contributed by atoms with Crippen LogP contribution in [0.15, 0.2) is 58.3 Å². The molecular weight excluding hydrogens is 372 g/mol. The molecular formula is C17H16N4O5S. The summed E-state index contributed by atoms with van der Waals surface area (Å²) in [6.45, 7) is 1.47. The van der Waals surface area contributed by atoms with Crippen molar-refractivity contribution in [2.45, 2.75) is 4.90 Å². The smallest absolute Gasteiger partial charge is 0.247 e. The molecule has 1 aliphatic rings. The summed E-state index contributed by atoms with van der Waals surface area (Å²) in [6.07, 6.45) is 2.56. The Balaban J connectivity index is 1.46. The zero-order chi connectivity index (χ0) is 18.7. The lowest BCUT2D eigenvalue weighted by Crippen LogP contribution is -2.40. The van der Waals surface area contributed by atoms with E-state index in [9.17, 15) is 8.42 Å². The van der Waals surface area contributed by atoms with Gasteiger partial charge in [-0.25, -0.2) is 13.4 Å². The lowest BCUT2D eigenvalue weighted by atomic mass is 10.2. The highest BCUT2D eigenvalue weighted by molar-refractivity contribution is 7.89. The molecule has 1 aliphatic heterocycles. The third kappa shape index (κ3) is 3.82. The number of rotatable bonds is 5. The second-order valence-electron chi connectivity index (χ2n) is 5.72. The summed E-state index contributed by atoms with van der Waals surface area (Å²) < 4.78 is 42.5. The van der Waals surface area contributed by atoms with Crippen LogP contribution >= 0.6 is 0 Å². The van der Waals surface area contributed by atoms with E-state index in [0.29, 0.717) is 43.8 Å². The third-order valence-electron chi connectivity index (χ3n) is 4.00. The van der Waals surface area contributed by atoms with Crippen LogP contribution in [0.3, 0.4) is 0 Å². The van der Waals surface area contributed by atoms with Crippen molar-refractivity contribution in [3.8, 4) is 23.1 Å². The van der Waals surface area contributed by atoms with Crippen molar-refractivity contribution >= 4 is 10.0 Å². The lowest BCUT2D eigenvalue weighted by Gasteiger charge is -2.25. The summed E-state index contributed by atoms with van der Waals surface area (Å²) in [5, 5.41) is 7.47. The number of pyridine rings is 1. The largest absolute Gasteiger partial charge is 0.439 e. The molecule has 0 bridgehead atoms. The molecule has 1 fully saturated rings. The van der Waals surface area contributed by atoms with Crippen molar-refractivity contribution in [2.24, 2.45) is 0 Å². The van der Waals surface area contributed by atoms with Crippen molar-refractivity contribution in [1.29, 1.82) is 0 Å².